The zero-order valence-electron chi connectivity index (χ0n) is 18.9. The summed E-state index contributed by atoms with van der Waals surface area (Å²) in [4.78, 5) is 23.4. The zero-order valence-corrected chi connectivity index (χ0v) is 18.9. The minimum absolute atomic E-state index is 0.132. The molecule has 1 N–H and O–H groups in total. The number of fused-ring (bicyclic) bond motifs is 1. The van der Waals surface area contributed by atoms with E-state index in [1.54, 1.807) is 12.4 Å². The predicted octanol–water partition coefficient (Wildman–Crippen LogP) is 3.65. The molecule has 6 heteroatoms. The summed E-state index contributed by atoms with van der Waals surface area (Å²) in [6.07, 6.45) is 5.77. The van der Waals surface area contributed by atoms with Crippen LogP contribution in [0.5, 0.6) is 6.01 Å². The highest BCUT2D eigenvalue weighted by Gasteiger charge is 2.48. The van der Waals surface area contributed by atoms with E-state index in [0.29, 0.717) is 36.4 Å². The Labute approximate surface area is 194 Å². The number of aliphatic hydroxyl groups is 1. The molecule has 0 spiro atoms. The summed E-state index contributed by atoms with van der Waals surface area (Å²) in [6.45, 7) is 2.19. The third-order valence-corrected chi connectivity index (χ3v) is 7.03. The highest BCUT2D eigenvalue weighted by Crippen LogP contribution is 2.45. The maximum Gasteiger partial charge on any atom is 0.316 e. The van der Waals surface area contributed by atoms with Gasteiger partial charge in [0.2, 0.25) is 0 Å². The number of methoxy groups -OCH3 is 1. The molecule has 1 saturated heterocycles. The second kappa shape index (κ2) is 9.04. The SMILES string of the molecule is COc1ncc(-c2ccc(C(=O)CN3C[C@@H]4C[C@@](O)(Cc5ccccc5)C[C@@H]4C3)cc2)cn1. The fourth-order valence-electron chi connectivity index (χ4n) is 5.52. The van der Waals surface area contributed by atoms with E-state index in [2.05, 4.69) is 27.0 Å². The van der Waals surface area contributed by atoms with Gasteiger partial charge in [0, 0.05) is 43.0 Å². The number of benzene rings is 2. The lowest BCUT2D eigenvalue weighted by atomic mass is 9.91. The number of likely N-dealkylation sites (tertiary alicyclic amines) is 1. The lowest BCUT2D eigenvalue weighted by Crippen LogP contribution is -2.34. The summed E-state index contributed by atoms with van der Waals surface area (Å²) < 4.78 is 5.00. The Balaban J connectivity index is 1.16. The van der Waals surface area contributed by atoms with E-state index < -0.39 is 5.60 Å². The van der Waals surface area contributed by atoms with Crippen molar-refractivity contribution < 1.29 is 14.6 Å². The van der Waals surface area contributed by atoms with Gasteiger partial charge in [0.25, 0.3) is 0 Å². The smallest absolute Gasteiger partial charge is 0.316 e. The zero-order chi connectivity index (χ0) is 22.8. The Morgan fingerprint density at radius 1 is 1.00 bits per heavy atom. The van der Waals surface area contributed by atoms with Gasteiger partial charge in [-0.3, -0.25) is 9.69 Å². The van der Waals surface area contributed by atoms with Gasteiger partial charge < -0.3 is 9.84 Å². The van der Waals surface area contributed by atoms with E-state index in [1.807, 2.05) is 42.5 Å². The summed E-state index contributed by atoms with van der Waals surface area (Å²) >= 11 is 0. The van der Waals surface area contributed by atoms with Gasteiger partial charge in [-0.1, -0.05) is 54.6 Å². The van der Waals surface area contributed by atoms with E-state index in [-0.39, 0.29) is 5.78 Å². The summed E-state index contributed by atoms with van der Waals surface area (Å²) in [6, 6.07) is 18.2. The lowest BCUT2D eigenvalue weighted by Gasteiger charge is -2.26. The molecule has 3 aromatic rings. The average molecular weight is 444 g/mol. The summed E-state index contributed by atoms with van der Waals surface area (Å²) in [7, 11) is 1.54. The molecule has 2 heterocycles. The van der Waals surface area contributed by atoms with Crippen LogP contribution in [0.1, 0.15) is 28.8 Å². The third-order valence-electron chi connectivity index (χ3n) is 7.03. The number of Topliss-reactive ketones (excluding diaryl/α,β-unsaturated/α-hetero) is 1. The molecule has 2 fully saturated rings. The number of ketones is 1. The standard InChI is InChI=1S/C27H29N3O3/c1-33-26-28-14-24(15-29-26)20-7-9-21(10-8-20)25(31)18-30-16-22-12-27(32,13-23(22)17-30)11-19-5-3-2-4-6-19/h2-10,14-15,22-23,32H,11-13,16-18H2,1H3/t22-,23+,27-. The molecule has 2 aromatic carbocycles. The molecular formula is C27H29N3O3. The van der Waals surface area contributed by atoms with E-state index in [0.717, 1.165) is 37.1 Å². The van der Waals surface area contributed by atoms with Crippen LogP contribution in [0.15, 0.2) is 67.0 Å². The number of aromatic nitrogens is 2. The van der Waals surface area contributed by atoms with E-state index >= 15 is 0 Å². The van der Waals surface area contributed by atoms with Crippen molar-refractivity contribution in [3.05, 3.63) is 78.1 Å². The van der Waals surface area contributed by atoms with Gasteiger partial charge in [-0.05, 0) is 35.8 Å². The minimum Gasteiger partial charge on any atom is -0.467 e. The number of hydrogen-bond donors (Lipinski definition) is 1. The number of carbonyl (C=O) groups excluding carboxylic acids is 1. The molecule has 0 bridgehead atoms. The van der Waals surface area contributed by atoms with Crippen molar-refractivity contribution in [2.24, 2.45) is 11.8 Å². The Bertz CT molecular complexity index is 1090. The number of rotatable bonds is 7. The molecule has 5 rings (SSSR count). The molecule has 0 radical (unpaired) electrons. The summed E-state index contributed by atoms with van der Waals surface area (Å²) in [5, 5.41) is 11.1. The second-order valence-electron chi connectivity index (χ2n) is 9.47. The summed E-state index contributed by atoms with van der Waals surface area (Å²) in [5.74, 6) is 1.06. The molecule has 0 unspecified atom stereocenters. The van der Waals surface area contributed by atoms with Crippen LogP contribution in [-0.4, -0.2) is 58.1 Å². The second-order valence-corrected chi connectivity index (χ2v) is 9.47. The van der Waals surface area contributed by atoms with Gasteiger partial charge in [0.1, 0.15) is 0 Å². The third kappa shape index (κ3) is 4.82. The molecular weight excluding hydrogens is 414 g/mol. The first-order chi connectivity index (χ1) is 16.0. The maximum atomic E-state index is 12.9. The van der Waals surface area contributed by atoms with Gasteiger partial charge in [0.15, 0.2) is 5.78 Å². The number of nitrogens with zero attached hydrogens (tertiary/aromatic N) is 3. The van der Waals surface area contributed by atoms with Crippen LogP contribution in [-0.2, 0) is 6.42 Å². The monoisotopic (exact) mass is 443 g/mol. The Kier molecular flexibility index (Phi) is 5.96. The normalized spacial score (nSPS) is 24.5. The van der Waals surface area contributed by atoms with E-state index in [9.17, 15) is 9.90 Å². The largest absolute Gasteiger partial charge is 0.467 e. The minimum atomic E-state index is -0.617. The van der Waals surface area contributed by atoms with Crippen LogP contribution in [0.4, 0.5) is 0 Å². The van der Waals surface area contributed by atoms with E-state index in [4.69, 9.17) is 4.74 Å². The van der Waals surface area contributed by atoms with Crippen LogP contribution in [0.2, 0.25) is 0 Å². The highest BCUT2D eigenvalue weighted by molar-refractivity contribution is 5.98. The van der Waals surface area contributed by atoms with Gasteiger partial charge in [-0.25, -0.2) is 9.97 Å². The molecule has 1 aliphatic heterocycles. The Morgan fingerprint density at radius 2 is 1.64 bits per heavy atom. The molecule has 0 amide bonds. The molecule has 1 aliphatic carbocycles. The van der Waals surface area contributed by atoms with Crippen LogP contribution in [0, 0.1) is 11.8 Å². The quantitative estimate of drug-likeness (QED) is 0.562. The maximum absolute atomic E-state index is 12.9. The van der Waals surface area contributed by atoms with Gasteiger partial charge >= 0.3 is 6.01 Å². The lowest BCUT2D eigenvalue weighted by molar-refractivity contribution is 0.0355. The number of ether oxygens (including phenoxy) is 1. The van der Waals surface area contributed by atoms with Gasteiger partial charge in [0.05, 0.1) is 19.3 Å². The molecule has 6 nitrogen and oxygen atoms in total. The first kappa shape index (κ1) is 21.7. The molecule has 1 saturated carbocycles. The molecule has 170 valence electrons. The Morgan fingerprint density at radius 3 is 2.24 bits per heavy atom. The molecule has 2 aliphatic rings. The predicted molar refractivity (Wildman–Crippen MR) is 126 cm³/mol. The van der Waals surface area contributed by atoms with Crippen LogP contribution in [0.25, 0.3) is 11.1 Å². The van der Waals surface area contributed by atoms with Crippen molar-refractivity contribution in [2.75, 3.05) is 26.7 Å². The molecule has 33 heavy (non-hydrogen) atoms. The Hall–Kier alpha value is -3.09. The van der Waals surface area contributed by atoms with Crippen LogP contribution >= 0.6 is 0 Å². The van der Waals surface area contributed by atoms with Crippen molar-refractivity contribution in [1.82, 2.24) is 14.9 Å². The first-order valence-corrected chi connectivity index (χ1v) is 11.5. The summed E-state index contributed by atoms with van der Waals surface area (Å²) in [5.41, 5.74) is 3.13. The van der Waals surface area contributed by atoms with Crippen LogP contribution in [0.3, 0.4) is 0 Å². The van der Waals surface area contributed by atoms with Gasteiger partial charge in [-0.2, -0.15) is 0 Å². The van der Waals surface area contributed by atoms with E-state index in [1.165, 1.54) is 12.7 Å². The molecule has 1 aromatic heterocycles. The van der Waals surface area contributed by atoms with Crippen molar-refractivity contribution in [2.45, 2.75) is 24.9 Å². The van der Waals surface area contributed by atoms with Crippen molar-refractivity contribution in [3.8, 4) is 17.1 Å². The molecule has 3 atom stereocenters. The van der Waals surface area contributed by atoms with Crippen molar-refractivity contribution >= 4 is 5.78 Å². The number of hydrogen-bond acceptors (Lipinski definition) is 6. The number of carbonyl (C=O) groups is 1. The fraction of sp³-hybridized carbons (Fsp3) is 0.370. The first-order valence-electron chi connectivity index (χ1n) is 11.5. The average Bonchev–Trinajstić information content (AvgIpc) is 3.33. The van der Waals surface area contributed by atoms with Crippen molar-refractivity contribution in [3.63, 3.8) is 0 Å². The van der Waals surface area contributed by atoms with Gasteiger partial charge in [-0.15, -0.1) is 0 Å². The van der Waals surface area contributed by atoms with Crippen molar-refractivity contribution in [1.29, 1.82) is 0 Å². The fourth-order valence-corrected chi connectivity index (χ4v) is 5.52. The highest BCUT2D eigenvalue weighted by atomic mass is 16.5. The van der Waals surface area contributed by atoms with Crippen LogP contribution < -0.4 is 4.74 Å². The topological polar surface area (TPSA) is 75.5 Å².